The summed E-state index contributed by atoms with van der Waals surface area (Å²) < 4.78 is 5.80. The number of nitrogens with zero attached hydrogens (tertiary/aromatic N) is 2. The molecule has 5 nitrogen and oxygen atoms in total. The Labute approximate surface area is 113 Å². The summed E-state index contributed by atoms with van der Waals surface area (Å²) in [5, 5.41) is 0. The van der Waals surface area contributed by atoms with Crippen LogP contribution in [0.4, 0.5) is 0 Å². The highest BCUT2D eigenvalue weighted by Crippen LogP contribution is 2.29. The van der Waals surface area contributed by atoms with E-state index in [9.17, 15) is 4.79 Å². The lowest BCUT2D eigenvalue weighted by molar-refractivity contribution is -0.0754. The summed E-state index contributed by atoms with van der Waals surface area (Å²) in [7, 11) is 0. The number of rotatable bonds is 2. The fourth-order valence-corrected chi connectivity index (χ4v) is 3.15. The van der Waals surface area contributed by atoms with Gasteiger partial charge in [-0.1, -0.05) is 19.8 Å². The highest BCUT2D eigenvalue weighted by molar-refractivity contribution is 5.92. The third-order valence-corrected chi connectivity index (χ3v) is 4.19. The zero-order valence-corrected chi connectivity index (χ0v) is 11.4. The number of carbonyl (C=O) groups excluding carboxylic acids is 1. The highest BCUT2D eigenvalue weighted by Gasteiger charge is 2.37. The minimum atomic E-state index is 0.0763. The SMILES string of the molecule is CCc1ncc(C(=O)N2CCOC3CCCCC32)[nH]1. The molecule has 1 aliphatic heterocycles. The minimum Gasteiger partial charge on any atom is -0.374 e. The first-order chi connectivity index (χ1) is 9.29. The van der Waals surface area contributed by atoms with Crippen molar-refractivity contribution in [2.45, 2.75) is 51.2 Å². The van der Waals surface area contributed by atoms with Crippen LogP contribution in [0.3, 0.4) is 0 Å². The second kappa shape index (κ2) is 5.33. The highest BCUT2D eigenvalue weighted by atomic mass is 16.5. The van der Waals surface area contributed by atoms with Gasteiger partial charge in [-0.2, -0.15) is 0 Å². The van der Waals surface area contributed by atoms with E-state index < -0.39 is 0 Å². The van der Waals surface area contributed by atoms with E-state index in [1.54, 1.807) is 6.20 Å². The van der Waals surface area contributed by atoms with Crippen molar-refractivity contribution in [1.82, 2.24) is 14.9 Å². The first-order valence-corrected chi connectivity index (χ1v) is 7.26. The molecule has 1 saturated heterocycles. The molecule has 0 radical (unpaired) electrons. The van der Waals surface area contributed by atoms with E-state index in [1.807, 2.05) is 11.8 Å². The third kappa shape index (κ3) is 2.39. The lowest BCUT2D eigenvalue weighted by atomic mass is 9.90. The molecule has 3 rings (SSSR count). The molecule has 0 spiro atoms. The van der Waals surface area contributed by atoms with Crippen LogP contribution >= 0.6 is 0 Å². The van der Waals surface area contributed by atoms with Crippen LogP contribution in [0.25, 0.3) is 0 Å². The van der Waals surface area contributed by atoms with Gasteiger partial charge >= 0.3 is 0 Å². The summed E-state index contributed by atoms with van der Waals surface area (Å²) in [6.07, 6.45) is 7.27. The number of aromatic amines is 1. The second-order valence-corrected chi connectivity index (χ2v) is 5.36. The number of imidazole rings is 1. The van der Waals surface area contributed by atoms with E-state index in [-0.39, 0.29) is 18.1 Å². The van der Waals surface area contributed by atoms with E-state index in [2.05, 4.69) is 9.97 Å². The summed E-state index contributed by atoms with van der Waals surface area (Å²) in [5.41, 5.74) is 0.614. The Bertz CT molecular complexity index is 455. The van der Waals surface area contributed by atoms with Gasteiger partial charge in [-0.3, -0.25) is 4.79 Å². The van der Waals surface area contributed by atoms with Gasteiger partial charge in [0.25, 0.3) is 5.91 Å². The molecule has 104 valence electrons. The van der Waals surface area contributed by atoms with Crippen LogP contribution in [-0.4, -0.2) is 46.1 Å². The third-order valence-electron chi connectivity index (χ3n) is 4.19. The molecule has 2 atom stereocenters. The van der Waals surface area contributed by atoms with Crippen molar-refractivity contribution in [3.63, 3.8) is 0 Å². The van der Waals surface area contributed by atoms with Gasteiger partial charge < -0.3 is 14.6 Å². The van der Waals surface area contributed by atoms with Gasteiger partial charge in [0.1, 0.15) is 11.5 Å². The van der Waals surface area contributed by atoms with Gasteiger partial charge in [0.2, 0.25) is 0 Å². The number of hydrogen-bond acceptors (Lipinski definition) is 3. The molecule has 0 aromatic carbocycles. The zero-order valence-electron chi connectivity index (χ0n) is 11.4. The molecule has 2 unspecified atom stereocenters. The lowest BCUT2D eigenvalue weighted by Gasteiger charge is -2.43. The minimum absolute atomic E-state index is 0.0763. The number of amides is 1. The molecule has 2 aliphatic rings. The number of H-pyrrole nitrogens is 1. The second-order valence-electron chi connectivity index (χ2n) is 5.36. The Morgan fingerprint density at radius 2 is 2.37 bits per heavy atom. The smallest absolute Gasteiger partial charge is 0.272 e. The molecule has 1 aromatic rings. The Kier molecular flexibility index (Phi) is 3.55. The lowest BCUT2D eigenvalue weighted by Crippen LogP contribution is -2.54. The molecule has 5 heteroatoms. The Hall–Kier alpha value is -1.36. The largest absolute Gasteiger partial charge is 0.374 e. The van der Waals surface area contributed by atoms with E-state index in [1.165, 1.54) is 12.8 Å². The van der Waals surface area contributed by atoms with Gasteiger partial charge in [0.15, 0.2) is 0 Å². The zero-order chi connectivity index (χ0) is 13.2. The van der Waals surface area contributed by atoms with E-state index in [4.69, 9.17) is 4.74 Å². The normalized spacial score (nSPS) is 27.1. The number of fused-ring (bicyclic) bond motifs is 1. The van der Waals surface area contributed by atoms with Crippen LogP contribution < -0.4 is 0 Å². The Morgan fingerprint density at radius 1 is 1.53 bits per heavy atom. The van der Waals surface area contributed by atoms with Crippen molar-refractivity contribution in [2.24, 2.45) is 0 Å². The molecule has 2 fully saturated rings. The van der Waals surface area contributed by atoms with Crippen LogP contribution in [0.5, 0.6) is 0 Å². The van der Waals surface area contributed by atoms with Gasteiger partial charge in [-0.25, -0.2) is 4.98 Å². The van der Waals surface area contributed by atoms with Gasteiger partial charge in [-0.05, 0) is 12.8 Å². The number of aryl methyl sites for hydroxylation is 1. The fraction of sp³-hybridized carbons (Fsp3) is 0.714. The van der Waals surface area contributed by atoms with E-state index >= 15 is 0 Å². The molecule has 0 bridgehead atoms. The Balaban J connectivity index is 1.77. The first kappa shape index (κ1) is 12.7. The van der Waals surface area contributed by atoms with Crippen LogP contribution in [0.2, 0.25) is 0 Å². The molecule has 19 heavy (non-hydrogen) atoms. The van der Waals surface area contributed by atoms with Gasteiger partial charge in [0.05, 0.1) is 24.9 Å². The van der Waals surface area contributed by atoms with Crippen molar-refractivity contribution in [3.05, 3.63) is 17.7 Å². The quantitative estimate of drug-likeness (QED) is 0.884. The topological polar surface area (TPSA) is 58.2 Å². The van der Waals surface area contributed by atoms with Crippen molar-refractivity contribution in [2.75, 3.05) is 13.2 Å². The predicted molar refractivity (Wildman–Crippen MR) is 71.0 cm³/mol. The molecular formula is C14H21N3O2. The van der Waals surface area contributed by atoms with Crippen molar-refractivity contribution in [3.8, 4) is 0 Å². The number of nitrogens with one attached hydrogen (secondary N) is 1. The standard InChI is InChI=1S/C14H21N3O2/c1-2-13-15-9-10(16-13)14(18)17-7-8-19-12-6-4-3-5-11(12)17/h9,11-12H,2-8H2,1H3,(H,15,16). The molecular weight excluding hydrogens is 242 g/mol. The van der Waals surface area contributed by atoms with E-state index in [0.29, 0.717) is 18.8 Å². The van der Waals surface area contributed by atoms with Crippen molar-refractivity contribution < 1.29 is 9.53 Å². The summed E-state index contributed by atoms with van der Waals surface area (Å²) in [5.74, 6) is 0.948. The van der Waals surface area contributed by atoms with Gasteiger partial charge in [0, 0.05) is 13.0 Å². The molecule has 1 aliphatic carbocycles. The monoisotopic (exact) mass is 263 g/mol. The van der Waals surface area contributed by atoms with E-state index in [0.717, 1.165) is 25.1 Å². The predicted octanol–water partition coefficient (Wildman–Crippen LogP) is 1.76. The first-order valence-electron chi connectivity index (χ1n) is 7.26. The number of ether oxygens (including phenoxy) is 1. The molecule has 1 N–H and O–H groups in total. The molecule has 2 heterocycles. The molecule has 1 aromatic heterocycles. The van der Waals surface area contributed by atoms with Crippen molar-refractivity contribution in [1.29, 1.82) is 0 Å². The summed E-state index contributed by atoms with van der Waals surface area (Å²) in [6, 6.07) is 0.253. The maximum Gasteiger partial charge on any atom is 0.272 e. The maximum absolute atomic E-state index is 12.6. The maximum atomic E-state index is 12.6. The van der Waals surface area contributed by atoms with Crippen LogP contribution in [-0.2, 0) is 11.2 Å². The number of aromatic nitrogens is 2. The van der Waals surface area contributed by atoms with Crippen molar-refractivity contribution >= 4 is 5.91 Å². The van der Waals surface area contributed by atoms with Crippen LogP contribution in [0.15, 0.2) is 6.20 Å². The number of hydrogen-bond donors (Lipinski definition) is 1. The Morgan fingerprint density at radius 3 is 3.16 bits per heavy atom. The molecule has 1 amide bonds. The number of morpholine rings is 1. The number of carbonyl (C=O) groups is 1. The van der Waals surface area contributed by atoms with Crippen LogP contribution in [0, 0.1) is 0 Å². The average Bonchev–Trinajstić information content (AvgIpc) is 2.95. The fourth-order valence-electron chi connectivity index (χ4n) is 3.15. The summed E-state index contributed by atoms with van der Waals surface area (Å²) in [4.78, 5) is 21.9. The summed E-state index contributed by atoms with van der Waals surface area (Å²) >= 11 is 0. The molecule has 1 saturated carbocycles. The van der Waals surface area contributed by atoms with Gasteiger partial charge in [-0.15, -0.1) is 0 Å². The van der Waals surface area contributed by atoms with Crippen LogP contribution in [0.1, 0.15) is 48.9 Å². The average molecular weight is 263 g/mol. The summed E-state index contributed by atoms with van der Waals surface area (Å²) in [6.45, 7) is 3.38.